The number of amides is 1. The molecular formula is C36H44N4O5S. The molecule has 1 N–H and O–H groups in total. The lowest BCUT2D eigenvalue weighted by atomic mass is 9.90. The summed E-state index contributed by atoms with van der Waals surface area (Å²) < 4.78 is 35.2. The number of nitrogens with one attached hydrogen (secondary N) is 1. The van der Waals surface area contributed by atoms with Crippen molar-refractivity contribution in [1.82, 2.24) is 9.80 Å². The third-order valence-corrected chi connectivity index (χ3v) is 10.1. The fourth-order valence-electron chi connectivity index (χ4n) is 6.48. The maximum atomic E-state index is 13.6. The SMILES string of the molecule is C/C=N\c1c(C2CCCCCC2)cccc1S(=O)(=O)Nc1ccc(C(=O)N2CCCN(Cc3cccc(OC(C)=O)c3)CC2)cc1. The van der Waals surface area contributed by atoms with Crippen LogP contribution in [0.25, 0.3) is 0 Å². The third kappa shape index (κ3) is 8.61. The van der Waals surface area contributed by atoms with Crippen LogP contribution in [0, 0.1) is 0 Å². The van der Waals surface area contributed by atoms with Crippen molar-refractivity contribution in [2.75, 3.05) is 30.9 Å². The second-order valence-corrected chi connectivity index (χ2v) is 13.8. The summed E-state index contributed by atoms with van der Waals surface area (Å²) in [5, 5.41) is 0. The Hall–Kier alpha value is -4.02. The molecule has 1 heterocycles. The molecule has 1 saturated heterocycles. The highest BCUT2D eigenvalue weighted by molar-refractivity contribution is 7.92. The van der Waals surface area contributed by atoms with Gasteiger partial charge < -0.3 is 9.64 Å². The van der Waals surface area contributed by atoms with Crippen molar-refractivity contribution in [3.8, 4) is 5.75 Å². The summed E-state index contributed by atoms with van der Waals surface area (Å²) in [6.45, 7) is 6.65. The Balaban J connectivity index is 1.23. The van der Waals surface area contributed by atoms with Crippen molar-refractivity contribution in [1.29, 1.82) is 0 Å². The van der Waals surface area contributed by atoms with Crippen LogP contribution in [0.15, 0.2) is 76.6 Å². The van der Waals surface area contributed by atoms with E-state index in [1.807, 2.05) is 35.2 Å². The molecule has 2 fully saturated rings. The Morgan fingerprint density at radius 1 is 0.913 bits per heavy atom. The summed E-state index contributed by atoms with van der Waals surface area (Å²) in [5.41, 5.74) is 3.46. The highest BCUT2D eigenvalue weighted by Crippen LogP contribution is 2.40. The highest BCUT2D eigenvalue weighted by atomic mass is 32.2. The predicted octanol–water partition coefficient (Wildman–Crippen LogP) is 6.92. The number of hydrogen-bond donors (Lipinski definition) is 1. The molecular weight excluding hydrogens is 600 g/mol. The monoisotopic (exact) mass is 644 g/mol. The van der Waals surface area contributed by atoms with Crippen LogP contribution in [0.3, 0.4) is 0 Å². The number of aliphatic imine (C=N–C) groups is 1. The van der Waals surface area contributed by atoms with Gasteiger partial charge in [-0.25, -0.2) is 8.42 Å². The lowest BCUT2D eigenvalue weighted by molar-refractivity contribution is -0.131. The maximum absolute atomic E-state index is 13.6. The standard InChI is InChI=1S/C36H44N4O5S/c1-3-37-35-33(29-12-6-4-5-7-13-29)15-9-16-34(35)46(43,44)38-31-19-17-30(18-20-31)36(42)40-22-10-21-39(23-24-40)26-28-11-8-14-32(25-28)45-27(2)41/h3,8-9,11,14-20,25,29,38H,4-7,10,12-13,21-24,26H2,1-2H3/b37-3-. The minimum atomic E-state index is -3.92. The van der Waals surface area contributed by atoms with Gasteiger partial charge in [-0.05, 0) is 85.7 Å². The molecule has 1 saturated carbocycles. The van der Waals surface area contributed by atoms with E-state index in [4.69, 9.17) is 4.74 Å². The number of ether oxygens (including phenoxy) is 1. The average molecular weight is 645 g/mol. The first-order valence-corrected chi connectivity index (χ1v) is 17.8. The molecule has 9 nitrogen and oxygen atoms in total. The largest absolute Gasteiger partial charge is 0.427 e. The molecule has 0 bridgehead atoms. The molecule has 0 aromatic heterocycles. The number of anilines is 1. The van der Waals surface area contributed by atoms with Crippen LogP contribution in [0.1, 0.15) is 86.2 Å². The van der Waals surface area contributed by atoms with Crippen LogP contribution >= 0.6 is 0 Å². The Morgan fingerprint density at radius 3 is 2.37 bits per heavy atom. The van der Waals surface area contributed by atoms with Gasteiger partial charge in [0, 0.05) is 57.1 Å². The van der Waals surface area contributed by atoms with E-state index in [1.165, 1.54) is 19.8 Å². The number of rotatable bonds is 9. The van der Waals surface area contributed by atoms with Crippen molar-refractivity contribution >= 4 is 39.5 Å². The number of benzene rings is 3. The number of carbonyl (C=O) groups is 2. The van der Waals surface area contributed by atoms with Gasteiger partial charge in [-0.15, -0.1) is 0 Å². The van der Waals surface area contributed by atoms with Crippen molar-refractivity contribution in [3.05, 3.63) is 83.4 Å². The molecule has 0 unspecified atom stereocenters. The molecule has 3 aromatic carbocycles. The highest BCUT2D eigenvalue weighted by Gasteiger charge is 2.26. The minimum Gasteiger partial charge on any atom is -0.427 e. The van der Waals surface area contributed by atoms with Crippen LogP contribution in [-0.4, -0.2) is 62.5 Å². The van der Waals surface area contributed by atoms with E-state index in [0.717, 1.165) is 49.8 Å². The quantitative estimate of drug-likeness (QED) is 0.117. The Labute approximate surface area is 272 Å². The van der Waals surface area contributed by atoms with Gasteiger partial charge in [-0.1, -0.05) is 49.9 Å². The van der Waals surface area contributed by atoms with Gasteiger partial charge in [0.2, 0.25) is 0 Å². The van der Waals surface area contributed by atoms with Gasteiger partial charge in [0.05, 0.1) is 5.69 Å². The summed E-state index contributed by atoms with van der Waals surface area (Å²) in [6.07, 6.45) is 9.28. The summed E-state index contributed by atoms with van der Waals surface area (Å²) >= 11 is 0. The Bertz CT molecular complexity index is 1650. The summed E-state index contributed by atoms with van der Waals surface area (Å²) in [5.74, 6) is 0.396. The second kappa shape index (κ2) is 15.5. The lowest BCUT2D eigenvalue weighted by Crippen LogP contribution is -2.35. The lowest BCUT2D eigenvalue weighted by Gasteiger charge is -2.22. The normalized spacial score (nSPS) is 17.0. The van der Waals surface area contributed by atoms with E-state index >= 15 is 0 Å². The molecule has 0 atom stereocenters. The van der Waals surface area contributed by atoms with Crippen LogP contribution in [0.4, 0.5) is 11.4 Å². The Morgan fingerprint density at radius 2 is 1.65 bits per heavy atom. The fraction of sp³-hybridized carbons (Fsp3) is 0.417. The second-order valence-electron chi connectivity index (χ2n) is 12.1. The zero-order chi connectivity index (χ0) is 32.5. The molecule has 1 aliphatic carbocycles. The predicted molar refractivity (Wildman–Crippen MR) is 182 cm³/mol. The number of sulfonamides is 1. The summed E-state index contributed by atoms with van der Waals surface area (Å²) in [6, 6.07) is 19.6. The zero-order valence-corrected chi connectivity index (χ0v) is 27.6. The molecule has 0 radical (unpaired) electrons. The first-order chi connectivity index (χ1) is 22.2. The van der Waals surface area contributed by atoms with Crippen molar-refractivity contribution in [2.24, 2.45) is 4.99 Å². The number of hydrogen-bond acceptors (Lipinski definition) is 7. The van der Waals surface area contributed by atoms with Crippen LogP contribution in [0.5, 0.6) is 5.75 Å². The van der Waals surface area contributed by atoms with E-state index in [9.17, 15) is 18.0 Å². The van der Waals surface area contributed by atoms with Crippen LogP contribution < -0.4 is 9.46 Å². The smallest absolute Gasteiger partial charge is 0.308 e. The first-order valence-electron chi connectivity index (χ1n) is 16.3. The van der Waals surface area contributed by atoms with Crippen molar-refractivity contribution in [2.45, 2.75) is 76.2 Å². The topological polar surface area (TPSA) is 108 Å². The fourth-order valence-corrected chi connectivity index (χ4v) is 7.72. The van der Waals surface area contributed by atoms with E-state index in [-0.39, 0.29) is 16.8 Å². The van der Waals surface area contributed by atoms with Crippen LogP contribution in [0.2, 0.25) is 0 Å². The first kappa shape index (κ1) is 33.3. The van der Waals surface area contributed by atoms with Gasteiger partial charge in [0.25, 0.3) is 15.9 Å². The maximum Gasteiger partial charge on any atom is 0.308 e. The van der Waals surface area contributed by atoms with Crippen molar-refractivity contribution < 1.29 is 22.7 Å². The number of para-hydroxylation sites is 1. The van der Waals surface area contributed by atoms with Crippen molar-refractivity contribution in [3.63, 3.8) is 0 Å². The number of esters is 1. The van der Waals surface area contributed by atoms with E-state index in [1.54, 1.807) is 49.5 Å². The molecule has 46 heavy (non-hydrogen) atoms. The molecule has 2 aliphatic rings. The summed E-state index contributed by atoms with van der Waals surface area (Å²) in [4.78, 5) is 33.6. The number of carbonyl (C=O) groups excluding carboxylic acids is 2. The van der Waals surface area contributed by atoms with E-state index in [0.29, 0.717) is 54.8 Å². The van der Waals surface area contributed by atoms with Gasteiger partial charge in [-0.2, -0.15) is 0 Å². The Kier molecular flexibility index (Phi) is 11.2. The van der Waals surface area contributed by atoms with Gasteiger partial charge in [-0.3, -0.25) is 24.2 Å². The van der Waals surface area contributed by atoms with Gasteiger partial charge in [0.15, 0.2) is 0 Å². The van der Waals surface area contributed by atoms with Gasteiger partial charge in [0.1, 0.15) is 10.6 Å². The summed E-state index contributed by atoms with van der Waals surface area (Å²) in [7, 11) is -3.92. The molecule has 0 spiro atoms. The molecule has 1 aliphatic heterocycles. The molecule has 244 valence electrons. The molecule has 1 amide bonds. The molecule has 5 rings (SSSR count). The van der Waals surface area contributed by atoms with Crippen LogP contribution in [-0.2, 0) is 21.4 Å². The average Bonchev–Trinajstić information content (AvgIpc) is 3.45. The molecule has 10 heteroatoms. The van der Waals surface area contributed by atoms with E-state index < -0.39 is 10.0 Å². The number of nitrogens with zero attached hydrogens (tertiary/aromatic N) is 3. The zero-order valence-electron chi connectivity index (χ0n) is 26.8. The van der Waals surface area contributed by atoms with Gasteiger partial charge >= 0.3 is 5.97 Å². The third-order valence-electron chi connectivity index (χ3n) is 8.70. The molecule has 3 aromatic rings. The van der Waals surface area contributed by atoms with E-state index in [2.05, 4.69) is 14.6 Å². The minimum absolute atomic E-state index is 0.0798.